The molecule has 2 aromatic rings. The van der Waals surface area contributed by atoms with Crippen LogP contribution in [0.5, 0.6) is 0 Å². The Morgan fingerprint density at radius 1 is 1.32 bits per heavy atom. The van der Waals surface area contributed by atoms with E-state index in [0.29, 0.717) is 43.7 Å². The van der Waals surface area contributed by atoms with E-state index in [1.165, 1.54) is 0 Å². The van der Waals surface area contributed by atoms with E-state index in [9.17, 15) is 4.79 Å². The molecule has 0 spiro atoms. The Bertz CT molecular complexity index is 671. The fourth-order valence-corrected chi connectivity index (χ4v) is 2.02. The Hall–Kier alpha value is -2.45. The number of amides is 1. The van der Waals surface area contributed by atoms with Crippen LogP contribution >= 0.6 is 0 Å². The number of rotatable bonds is 4. The van der Waals surface area contributed by atoms with E-state index in [2.05, 4.69) is 20.5 Å². The van der Waals surface area contributed by atoms with Crippen molar-refractivity contribution in [1.29, 1.82) is 0 Å². The Kier molecular flexibility index (Phi) is 3.55. The van der Waals surface area contributed by atoms with Crippen molar-refractivity contribution in [1.82, 2.24) is 30.0 Å². The van der Waals surface area contributed by atoms with E-state index in [0.717, 1.165) is 0 Å². The number of ether oxygens (including phenoxy) is 1. The van der Waals surface area contributed by atoms with Gasteiger partial charge in [-0.05, 0) is 0 Å². The minimum atomic E-state index is -0.318. The molecule has 1 saturated heterocycles. The third-order valence-corrected chi connectivity index (χ3v) is 3.22. The predicted octanol–water partition coefficient (Wildman–Crippen LogP) is 0.959. The molecule has 1 aliphatic rings. The van der Waals surface area contributed by atoms with Gasteiger partial charge in [-0.15, -0.1) is 5.10 Å². The summed E-state index contributed by atoms with van der Waals surface area (Å²) in [5.41, 5.74) is 0.528. The molecule has 0 atom stereocenters. The first-order chi connectivity index (χ1) is 10.4. The van der Waals surface area contributed by atoms with Gasteiger partial charge in [0.05, 0.1) is 19.3 Å². The maximum Gasteiger partial charge on any atom is 0.410 e. The van der Waals surface area contributed by atoms with Crippen molar-refractivity contribution in [2.75, 3.05) is 13.2 Å². The summed E-state index contributed by atoms with van der Waals surface area (Å²) in [6.45, 7) is 7.78. The summed E-state index contributed by atoms with van der Waals surface area (Å²) in [5, 5.41) is 12.0. The number of carbonyl (C=O) groups is 1. The lowest BCUT2D eigenvalue weighted by molar-refractivity contribution is 0.157. The molecule has 1 fully saturated rings. The van der Waals surface area contributed by atoms with E-state index in [4.69, 9.17) is 9.26 Å². The van der Waals surface area contributed by atoms with Crippen molar-refractivity contribution in [3.63, 3.8) is 0 Å². The van der Waals surface area contributed by atoms with Crippen LogP contribution in [0.25, 0.3) is 0 Å². The third kappa shape index (κ3) is 3.07. The molecular formula is C13H18N6O3. The van der Waals surface area contributed by atoms with Gasteiger partial charge in [0, 0.05) is 5.41 Å². The van der Waals surface area contributed by atoms with Crippen LogP contribution in [0.1, 0.15) is 38.2 Å². The van der Waals surface area contributed by atoms with Crippen LogP contribution in [-0.4, -0.2) is 49.3 Å². The molecule has 3 rings (SSSR count). The predicted molar refractivity (Wildman–Crippen MR) is 73.9 cm³/mol. The zero-order valence-electron chi connectivity index (χ0n) is 12.8. The molecule has 9 heteroatoms. The molecule has 3 heterocycles. The summed E-state index contributed by atoms with van der Waals surface area (Å²) < 4.78 is 11.7. The summed E-state index contributed by atoms with van der Waals surface area (Å²) in [7, 11) is 0. The van der Waals surface area contributed by atoms with Gasteiger partial charge in [-0.2, -0.15) is 4.98 Å². The molecule has 118 valence electrons. The largest absolute Gasteiger partial charge is 0.448 e. The average Bonchev–Trinajstić information content (AvgIpc) is 3.13. The van der Waals surface area contributed by atoms with Gasteiger partial charge in [-0.25, -0.2) is 9.48 Å². The quantitative estimate of drug-likeness (QED) is 0.829. The molecule has 0 radical (unpaired) electrons. The number of cyclic esters (lactones) is 1. The normalized spacial score (nSPS) is 15.4. The maximum absolute atomic E-state index is 11.4. The Morgan fingerprint density at radius 2 is 2.14 bits per heavy atom. The minimum absolute atomic E-state index is 0.161. The monoisotopic (exact) mass is 306 g/mol. The zero-order chi connectivity index (χ0) is 15.7. The molecule has 0 unspecified atom stereocenters. The van der Waals surface area contributed by atoms with Gasteiger partial charge < -0.3 is 9.26 Å². The van der Waals surface area contributed by atoms with Crippen LogP contribution in [0.4, 0.5) is 4.79 Å². The standard InChI is InChI=1S/C13H18N6O3/c1-13(2,3)11-14-10(22-16-11)8-19-7-9(15-17-19)6-18-4-5-21-12(18)20/h7H,4-6,8H2,1-3H3. The van der Waals surface area contributed by atoms with Gasteiger partial charge in [-0.3, -0.25) is 4.90 Å². The fraction of sp³-hybridized carbons (Fsp3) is 0.615. The van der Waals surface area contributed by atoms with Crippen molar-refractivity contribution in [2.24, 2.45) is 0 Å². The first-order valence-electron chi connectivity index (χ1n) is 7.05. The van der Waals surface area contributed by atoms with Crippen molar-refractivity contribution < 1.29 is 14.1 Å². The van der Waals surface area contributed by atoms with Crippen LogP contribution in [0.2, 0.25) is 0 Å². The zero-order valence-corrected chi connectivity index (χ0v) is 12.8. The van der Waals surface area contributed by atoms with Crippen molar-refractivity contribution in [3.8, 4) is 0 Å². The maximum atomic E-state index is 11.4. The van der Waals surface area contributed by atoms with Crippen LogP contribution in [0, 0.1) is 0 Å². The van der Waals surface area contributed by atoms with Gasteiger partial charge in [0.1, 0.15) is 18.8 Å². The number of hydrogen-bond donors (Lipinski definition) is 0. The molecule has 0 N–H and O–H groups in total. The van der Waals surface area contributed by atoms with Crippen LogP contribution in [0.3, 0.4) is 0 Å². The van der Waals surface area contributed by atoms with E-state index in [1.807, 2.05) is 20.8 Å². The third-order valence-electron chi connectivity index (χ3n) is 3.22. The fourth-order valence-electron chi connectivity index (χ4n) is 2.02. The Labute approximate surface area is 127 Å². The number of hydrogen-bond acceptors (Lipinski definition) is 7. The Balaban J connectivity index is 1.64. The summed E-state index contributed by atoms with van der Waals surface area (Å²) >= 11 is 0. The number of nitrogens with zero attached hydrogens (tertiary/aromatic N) is 6. The number of carbonyl (C=O) groups excluding carboxylic acids is 1. The smallest absolute Gasteiger partial charge is 0.410 e. The van der Waals surface area contributed by atoms with Gasteiger partial charge in [0.25, 0.3) is 0 Å². The van der Waals surface area contributed by atoms with Gasteiger partial charge in [-0.1, -0.05) is 31.1 Å². The van der Waals surface area contributed by atoms with Crippen LogP contribution < -0.4 is 0 Å². The lowest BCUT2D eigenvalue weighted by Gasteiger charge is -2.10. The summed E-state index contributed by atoms with van der Waals surface area (Å²) in [6, 6.07) is 0. The average molecular weight is 306 g/mol. The molecular weight excluding hydrogens is 288 g/mol. The minimum Gasteiger partial charge on any atom is -0.448 e. The molecule has 1 aliphatic heterocycles. The molecule has 9 nitrogen and oxygen atoms in total. The highest BCUT2D eigenvalue weighted by molar-refractivity contribution is 5.69. The highest BCUT2D eigenvalue weighted by Crippen LogP contribution is 2.18. The van der Waals surface area contributed by atoms with Crippen LogP contribution in [-0.2, 0) is 23.2 Å². The van der Waals surface area contributed by atoms with E-state index in [1.54, 1.807) is 15.8 Å². The molecule has 0 saturated carbocycles. The highest BCUT2D eigenvalue weighted by atomic mass is 16.6. The first-order valence-corrected chi connectivity index (χ1v) is 7.05. The van der Waals surface area contributed by atoms with E-state index < -0.39 is 0 Å². The molecule has 22 heavy (non-hydrogen) atoms. The molecule has 1 amide bonds. The van der Waals surface area contributed by atoms with Gasteiger partial charge in [0.15, 0.2) is 5.82 Å². The second kappa shape index (κ2) is 5.39. The first kappa shape index (κ1) is 14.5. The topological polar surface area (TPSA) is 99.2 Å². The second-order valence-corrected chi connectivity index (χ2v) is 6.21. The van der Waals surface area contributed by atoms with Crippen LogP contribution in [0.15, 0.2) is 10.7 Å². The molecule has 2 aromatic heterocycles. The molecule has 0 aliphatic carbocycles. The lowest BCUT2D eigenvalue weighted by atomic mass is 9.96. The van der Waals surface area contributed by atoms with Crippen molar-refractivity contribution >= 4 is 6.09 Å². The van der Waals surface area contributed by atoms with Gasteiger partial charge >= 0.3 is 6.09 Å². The molecule has 0 aromatic carbocycles. The lowest BCUT2D eigenvalue weighted by Crippen LogP contribution is -2.23. The Morgan fingerprint density at radius 3 is 2.77 bits per heavy atom. The van der Waals surface area contributed by atoms with Crippen molar-refractivity contribution in [2.45, 2.75) is 39.3 Å². The van der Waals surface area contributed by atoms with Crippen molar-refractivity contribution in [3.05, 3.63) is 23.6 Å². The summed E-state index contributed by atoms with van der Waals surface area (Å²) in [4.78, 5) is 17.3. The number of aromatic nitrogens is 5. The summed E-state index contributed by atoms with van der Waals surface area (Å²) in [5.74, 6) is 1.13. The SMILES string of the molecule is CC(C)(C)c1noc(Cn2cc(CN3CCOC3=O)nn2)n1. The molecule has 0 bridgehead atoms. The summed E-state index contributed by atoms with van der Waals surface area (Å²) in [6.07, 6.45) is 1.44. The highest BCUT2D eigenvalue weighted by Gasteiger charge is 2.23. The second-order valence-electron chi connectivity index (χ2n) is 6.21. The van der Waals surface area contributed by atoms with E-state index >= 15 is 0 Å². The van der Waals surface area contributed by atoms with E-state index in [-0.39, 0.29) is 11.5 Å². The van der Waals surface area contributed by atoms with Gasteiger partial charge in [0.2, 0.25) is 5.89 Å².